The van der Waals surface area contributed by atoms with Crippen LogP contribution in [-0.4, -0.2) is 47.4 Å². The molecule has 27 heavy (non-hydrogen) atoms. The zero-order chi connectivity index (χ0) is 19.0. The number of likely N-dealkylation sites (tertiary alicyclic amines) is 1. The van der Waals surface area contributed by atoms with Crippen LogP contribution >= 0.6 is 0 Å². The van der Waals surface area contributed by atoms with Gasteiger partial charge in [0.1, 0.15) is 5.75 Å². The number of nitrogens with one attached hydrogen (secondary N) is 1. The van der Waals surface area contributed by atoms with Gasteiger partial charge in [0.25, 0.3) is 11.8 Å². The fraction of sp³-hybridized carbons (Fsp3) is 0.368. The molecule has 3 heterocycles. The van der Waals surface area contributed by atoms with Gasteiger partial charge in [-0.15, -0.1) is 0 Å². The highest BCUT2D eigenvalue weighted by atomic mass is 16.5. The maximum atomic E-state index is 12.8. The number of nitrogens with zero attached hydrogens (tertiary/aromatic N) is 2. The Hall–Kier alpha value is -3.16. The first-order valence-electron chi connectivity index (χ1n) is 8.85. The average molecular weight is 369 g/mol. The molecule has 0 spiro atoms. The van der Waals surface area contributed by atoms with Gasteiger partial charge in [-0.3, -0.25) is 14.4 Å². The van der Waals surface area contributed by atoms with Gasteiger partial charge in [-0.1, -0.05) is 5.16 Å². The first-order valence-corrected chi connectivity index (χ1v) is 8.85. The van der Waals surface area contributed by atoms with Crippen LogP contribution < -0.4 is 10.1 Å². The lowest BCUT2D eigenvalue weighted by Crippen LogP contribution is -2.40. The van der Waals surface area contributed by atoms with Gasteiger partial charge in [0.15, 0.2) is 12.4 Å². The quantitative estimate of drug-likeness (QED) is 0.831. The fourth-order valence-electron chi connectivity index (χ4n) is 3.44. The molecule has 0 bridgehead atoms. The van der Waals surface area contributed by atoms with Gasteiger partial charge in [0.05, 0.1) is 11.4 Å². The molecule has 4 rings (SSSR count). The first kappa shape index (κ1) is 17.3. The van der Waals surface area contributed by atoms with E-state index < -0.39 is 0 Å². The van der Waals surface area contributed by atoms with Crippen LogP contribution in [0.5, 0.6) is 5.75 Å². The third-order valence-electron chi connectivity index (χ3n) is 4.89. The number of carbonyl (C=O) groups is 3. The van der Waals surface area contributed by atoms with Crippen molar-refractivity contribution in [2.45, 2.75) is 19.8 Å². The van der Waals surface area contributed by atoms with E-state index in [1.807, 2.05) is 0 Å². The molecule has 8 nitrogen and oxygen atoms in total. The fourth-order valence-corrected chi connectivity index (χ4v) is 3.44. The van der Waals surface area contributed by atoms with E-state index in [1.165, 1.54) is 0 Å². The van der Waals surface area contributed by atoms with E-state index in [4.69, 9.17) is 9.26 Å². The highest BCUT2D eigenvalue weighted by molar-refractivity contribution is 6.02. The maximum absolute atomic E-state index is 12.8. The number of hydrogen-bond acceptors (Lipinski definition) is 6. The smallest absolute Gasteiger partial charge is 0.292 e. The van der Waals surface area contributed by atoms with Crippen molar-refractivity contribution in [1.29, 1.82) is 0 Å². The number of benzene rings is 1. The average Bonchev–Trinajstić information content (AvgIpc) is 3.12. The molecular formula is C19H19N3O5. The summed E-state index contributed by atoms with van der Waals surface area (Å²) in [7, 11) is 0. The van der Waals surface area contributed by atoms with E-state index in [2.05, 4.69) is 10.5 Å². The van der Waals surface area contributed by atoms with Gasteiger partial charge in [0.2, 0.25) is 5.76 Å². The number of amides is 2. The molecule has 2 amide bonds. The number of Topliss-reactive ketones (excluding diaryl/α,β-unsaturated/α-hetero) is 1. The number of ketones is 1. The summed E-state index contributed by atoms with van der Waals surface area (Å²) in [4.78, 5) is 38.4. The number of piperidine rings is 1. The number of ether oxygens (including phenoxy) is 1. The molecule has 1 aromatic carbocycles. The highest BCUT2D eigenvalue weighted by Gasteiger charge is 2.30. The number of hydrogen-bond donors (Lipinski definition) is 1. The Labute approximate surface area is 155 Å². The third-order valence-corrected chi connectivity index (χ3v) is 4.89. The van der Waals surface area contributed by atoms with Crippen molar-refractivity contribution in [1.82, 2.24) is 10.1 Å². The van der Waals surface area contributed by atoms with Crippen molar-refractivity contribution >= 4 is 23.3 Å². The van der Waals surface area contributed by atoms with Crippen LogP contribution in [0.2, 0.25) is 0 Å². The van der Waals surface area contributed by atoms with E-state index in [-0.39, 0.29) is 35.9 Å². The molecule has 1 N–H and O–H groups in total. The van der Waals surface area contributed by atoms with Crippen molar-refractivity contribution in [3.05, 3.63) is 41.3 Å². The zero-order valence-electron chi connectivity index (χ0n) is 14.9. The number of aromatic nitrogens is 1. The topological polar surface area (TPSA) is 102 Å². The summed E-state index contributed by atoms with van der Waals surface area (Å²) in [5.41, 5.74) is 1.72. The summed E-state index contributed by atoms with van der Waals surface area (Å²) in [5.74, 6) is 0.206. The summed E-state index contributed by atoms with van der Waals surface area (Å²) in [6.07, 6.45) is 1.16. The van der Waals surface area contributed by atoms with Crippen molar-refractivity contribution in [2.75, 3.05) is 25.0 Å². The Morgan fingerprint density at radius 2 is 2.00 bits per heavy atom. The summed E-state index contributed by atoms with van der Waals surface area (Å²) in [6, 6.07) is 6.69. The number of aryl methyl sites for hydroxylation is 1. The number of fused-ring (bicyclic) bond motifs is 1. The monoisotopic (exact) mass is 369 g/mol. The molecule has 0 aliphatic carbocycles. The Morgan fingerprint density at radius 1 is 1.22 bits per heavy atom. The second kappa shape index (κ2) is 6.86. The molecule has 140 valence electrons. The van der Waals surface area contributed by atoms with Crippen LogP contribution in [-0.2, 0) is 4.79 Å². The van der Waals surface area contributed by atoms with Gasteiger partial charge >= 0.3 is 0 Å². The second-order valence-corrected chi connectivity index (χ2v) is 6.81. The number of rotatable bonds is 3. The maximum Gasteiger partial charge on any atom is 0.292 e. The minimum absolute atomic E-state index is 0.0141. The summed E-state index contributed by atoms with van der Waals surface area (Å²) in [5, 5.41) is 6.45. The van der Waals surface area contributed by atoms with Crippen molar-refractivity contribution in [2.24, 2.45) is 5.92 Å². The standard InChI is InChI=1S/C19H19N3O5/c1-11-8-16(27-21-11)19(25)22-6-4-12(5-7-22)18(24)13-2-3-15-14(9-13)20-17(23)10-26-15/h2-3,8-9,12H,4-7,10H2,1H3,(H,20,23). The van der Waals surface area contributed by atoms with Gasteiger partial charge in [-0.2, -0.15) is 0 Å². The van der Waals surface area contributed by atoms with Crippen molar-refractivity contribution in [3.8, 4) is 5.75 Å². The Morgan fingerprint density at radius 3 is 2.70 bits per heavy atom. The molecule has 0 saturated carbocycles. The van der Waals surface area contributed by atoms with Crippen LogP contribution in [0.25, 0.3) is 0 Å². The summed E-state index contributed by atoms with van der Waals surface area (Å²) < 4.78 is 10.3. The predicted molar refractivity (Wildman–Crippen MR) is 94.8 cm³/mol. The highest BCUT2D eigenvalue weighted by Crippen LogP contribution is 2.31. The van der Waals surface area contributed by atoms with Crippen molar-refractivity contribution < 1.29 is 23.6 Å². The van der Waals surface area contributed by atoms with E-state index >= 15 is 0 Å². The van der Waals surface area contributed by atoms with E-state index in [0.717, 1.165) is 0 Å². The van der Waals surface area contributed by atoms with Crippen LogP contribution in [0.3, 0.4) is 0 Å². The molecule has 0 unspecified atom stereocenters. The van der Waals surface area contributed by atoms with E-state index in [1.54, 1.807) is 36.1 Å². The third kappa shape index (κ3) is 3.42. The second-order valence-electron chi connectivity index (χ2n) is 6.81. The molecular weight excluding hydrogens is 350 g/mol. The Balaban J connectivity index is 1.41. The Bertz CT molecular complexity index is 912. The molecule has 0 radical (unpaired) electrons. The molecule has 0 atom stereocenters. The molecule has 1 saturated heterocycles. The van der Waals surface area contributed by atoms with Crippen LogP contribution in [0.1, 0.15) is 39.4 Å². The molecule has 8 heteroatoms. The lowest BCUT2D eigenvalue weighted by Gasteiger charge is -2.30. The molecule has 2 aliphatic heterocycles. The number of carbonyl (C=O) groups excluding carboxylic acids is 3. The molecule has 2 aliphatic rings. The largest absolute Gasteiger partial charge is 0.482 e. The van der Waals surface area contributed by atoms with Crippen LogP contribution in [0.4, 0.5) is 5.69 Å². The van der Waals surface area contributed by atoms with Crippen LogP contribution in [0.15, 0.2) is 28.8 Å². The zero-order valence-corrected chi connectivity index (χ0v) is 14.9. The molecule has 1 fully saturated rings. The minimum atomic E-state index is -0.235. The summed E-state index contributed by atoms with van der Waals surface area (Å²) >= 11 is 0. The SMILES string of the molecule is Cc1cc(C(=O)N2CCC(C(=O)c3ccc4c(c3)NC(=O)CO4)CC2)on1. The number of anilines is 1. The minimum Gasteiger partial charge on any atom is -0.482 e. The van der Waals surface area contributed by atoms with Crippen LogP contribution in [0, 0.1) is 12.8 Å². The lowest BCUT2D eigenvalue weighted by molar-refractivity contribution is -0.118. The molecule has 2 aromatic rings. The van der Waals surface area contributed by atoms with Gasteiger partial charge in [-0.05, 0) is 38.0 Å². The van der Waals surface area contributed by atoms with Gasteiger partial charge in [0, 0.05) is 30.6 Å². The lowest BCUT2D eigenvalue weighted by atomic mass is 9.88. The van der Waals surface area contributed by atoms with E-state index in [9.17, 15) is 14.4 Å². The Kier molecular flexibility index (Phi) is 4.39. The molecule has 1 aromatic heterocycles. The van der Waals surface area contributed by atoms with E-state index in [0.29, 0.717) is 48.6 Å². The first-order chi connectivity index (χ1) is 13.0. The van der Waals surface area contributed by atoms with Gasteiger partial charge < -0.3 is 19.5 Å². The predicted octanol–water partition coefficient (Wildman–Crippen LogP) is 2.05. The summed E-state index contributed by atoms with van der Waals surface area (Å²) in [6.45, 7) is 2.72. The normalized spacial score (nSPS) is 17.1. The van der Waals surface area contributed by atoms with Gasteiger partial charge in [-0.25, -0.2) is 0 Å². The van der Waals surface area contributed by atoms with Crippen molar-refractivity contribution in [3.63, 3.8) is 0 Å².